The summed E-state index contributed by atoms with van der Waals surface area (Å²) < 4.78 is 0. The highest BCUT2D eigenvalue weighted by Crippen LogP contribution is 2.43. The Morgan fingerprint density at radius 3 is 2.93 bits per heavy atom. The molecule has 0 bridgehead atoms. The Labute approximate surface area is 93.8 Å². The van der Waals surface area contributed by atoms with Gasteiger partial charge in [0.2, 0.25) is 0 Å². The molecule has 0 N–H and O–H groups in total. The van der Waals surface area contributed by atoms with E-state index in [1.54, 1.807) is 0 Å². The minimum atomic E-state index is 0.820. The monoisotopic (exact) mass is 215 g/mol. The molecular weight excluding hydrogens is 202 g/mol. The third-order valence-corrected chi connectivity index (χ3v) is 3.98. The summed E-state index contributed by atoms with van der Waals surface area (Å²) in [6, 6.07) is 8.57. The van der Waals surface area contributed by atoms with Gasteiger partial charge in [-0.2, -0.15) is 0 Å². The Bertz CT molecular complexity index is 483. The van der Waals surface area contributed by atoms with Gasteiger partial charge in [0, 0.05) is 16.6 Å². The van der Waals surface area contributed by atoms with Crippen LogP contribution in [0.25, 0.3) is 10.6 Å². The average molecular weight is 215 g/mol. The Morgan fingerprint density at radius 2 is 2.20 bits per heavy atom. The topological polar surface area (TPSA) is 12.9 Å². The molecule has 15 heavy (non-hydrogen) atoms. The van der Waals surface area contributed by atoms with E-state index >= 15 is 0 Å². The second-order valence-corrected chi connectivity index (χ2v) is 5.27. The minimum Gasteiger partial charge on any atom is -0.244 e. The molecule has 76 valence electrons. The van der Waals surface area contributed by atoms with Crippen LogP contribution in [0.2, 0.25) is 0 Å². The maximum atomic E-state index is 4.51. The predicted molar refractivity (Wildman–Crippen MR) is 64.3 cm³/mol. The molecule has 0 unspecified atom stereocenters. The van der Waals surface area contributed by atoms with Crippen LogP contribution in [-0.2, 0) is 0 Å². The highest BCUT2D eigenvalue weighted by Gasteiger charge is 2.25. The molecule has 1 nitrogen and oxygen atoms in total. The number of hydrogen-bond donors (Lipinski definition) is 0. The maximum absolute atomic E-state index is 4.51. The standard InChI is InChI=1S/C13H13NS/c1-9-3-2-4-11(7-9)13-14-8-12(15-13)10-5-6-10/h2-4,7-8,10H,5-6H2,1H3. The quantitative estimate of drug-likeness (QED) is 0.738. The van der Waals surface area contributed by atoms with Crippen molar-refractivity contribution in [3.05, 3.63) is 40.9 Å². The van der Waals surface area contributed by atoms with E-state index in [1.807, 2.05) is 11.3 Å². The minimum absolute atomic E-state index is 0.820. The molecule has 2 heteroatoms. The van der Waals surface area contributed by atoms with Crippen LogP contribution >= 0.6 is 11.3 Å². The number of rotatable bonds is 2. The number of nitrogens with zero attached hydrogens (tertiary/aromatic N) is 1. The molecule has 1 fully saturated rings. The zero-order valence-electron chi connectivity index (χ0n) is 8.73. The van der Waals surface area contributed by atoms with E-state index in [-0.39, 0.29) is 0 Å². The predicted octanol–water partition coefficient (Wildman–Crippen LogP) is 4.00. The summed E-state index contributed by atoms with van der Waals surface area (Å²) in [5.74, 6) is 0.820. The van der Waals surface area contributed by atoms with Gasteiger partial charge in [-0.05, 0) is 31.7 Å². The molecule has 0 saturated heterocycles. The van der Waals surface area contributed by atoms with Gasteiger partial charge in [0.15, 0.2) is 0 Å². The van der Waals surface area contributed by atoms with E-state index in [9.17, 15) is 0 Å². The van der Waals surface area contributed by atoms with Crippen LogP contribution in [-0.4, -0.2) is 4.98 Å². The van der Waals surface area contributed by atoms with Crippen LogP contribution < -0.4 is 0 Å². The highest BCUT2D eigenvalue weighted by atomic mass is 32.1. The van der Waals surface area contributed by atoms with Gasteiger partial charge in [-0.15, -0.1) is 11.3 Å². The van der Waals surface area contributed by atoms with Gasteiger partial charge in [-0.25, -0.2) is 4.98 Å². The van der Waals surface area contributed by atoms with E-state index in [0.717, 1.165) is 5.92 Å². The van der Waals surface area contributed by atoms with Gasteiger partial charge in [-0.1, -0.05) is 23.8 Å². The fourth-order valence-electron chi connectivity index (χ4n) is 1.75. The summed E-state index contributed by atoms with van der Waals surface area (Å²) in [5.41, 5.74) is 2.56. The largest absolute Gasteiger partial charge is 0.244 e. The number of thiazole rings is 1. The zero-order valence-corrected chi connectivity index (χ0v) is 9.55. The first-order chi connectivity index (χ1) is 7.33. The first-order valence-electron chi connectivity index (χ1n) is 5.36. The van der Waals surface area contributed by atoms with Crippen molar-refractivity contribution in [1.29, 1.82) is 0 Å². The van der Waals surface area contributed by atoms with Crippen LogP contribution in [0.15, 0.2) is 30.5 Å². The fraction of sp³-hybridized carbons (Fsp3) is 0.308. The molecule has 1 aromatic carbocycles. The van der Waals surface area contributed by atoms with E-state index in [0.29, 0.717) is 0 Å². The van der Waals surface area contributed by atoms with Gasteiger partial charge < -0.3 is 0 Å². The van der Waals surface area contributed by atoms with Gasteiger partial charge in [-0.3, -0.25) is 0 Å². The van der Waals surface area contributed by atoms with Crippen molar-refractivity contribution in [2.75, 3.05) is 0 Å². The first kappa shape index (κ1) is 9.10. The fourth-order valence-corrected chi connectivity index (χ4v) is 2.84. The van der Waals surface area contributed by atoms with Crippen molar-refractivity contribution in [2.24, 2.45) is 0 Å². The second kappa shape index (κ2) is 3.46. The van der Waals surface area contributed by atoms with Crippen molar-refractivity contribution < 1.29 is 0 Å². The van der Waals surface area contributed by atoms with Crippen LogP contribution in [0.5, 0.6) is 0 Å². The van der Waals surface area contributed by atoms with Crippen LogP contribution in [0.1, 0.15) is 29.2 Å². The Hall–Kier alpha value is -1.15. The average Bonchev–Trinajstić information content (AvgIpc) is 2.97. The van der Waals surface area contributed by atoms with Gasteiger partial charge in [0.05, 0.1) is 0 Å². The van der Waals surface area contributed by atoms with Crippen molar-refractivity contribution in [3.8, 4) is 10.6 Å². The van der Waals surface area contributed by atoms with Crippen molar-refractivity contribution >= 4 is 11.3 Å². The highest BCUT2D eigenvalue weighted by molar-refractivity contribution is 7.15. The summed E-state index contributed by atoms with van der Waals surface area (Å²) in [6.45, 7) is 2.12. The summed E-state index contributed by atoms with van der Waals surface area (Å²) >= 11 is 1.85. The van der Waals surface area contributed by atoms with Crippen LogP contribution in [0, 0.1) is 6.92 Å². The van der Waals surface area contributed by atoms with E-state index in [1.165, 1.54) is 33.9 Å². The Morgan fingerprint density at radius 1 is 1.33 bits per heavy atom. The Kier molecular flexibility index (Phi) is 2.10. The molecule has 2 aromatic rings. The molecule has 0 aliphatic heterocycles. The van der Waals surface area contributed by atoms with Gasteiger partial charge >= 0.3 is 0 Å². The first-order valence-corrected chi connectivity index (χ1v) is 6.17. The van der Waals surface area contributed by atoms with Crippen molar-refractivity contribution in [3.63, 3.8) is 0 Å². The third kappa shape index (κ3) is 1.82. The summed E-state index contributed by atoms with van der Waals surface area (Å²) in [5, 5.41) is 1.17. The molecule has 0 radical (unpaired) electrons. The lowest BCUT2D eigenvalue weighted by molar-refractivity contribution is 1.16. The number of hydrogen-bond acceptors (Lipinski definition) is 2. The van der Waals surface area contributed by atoms with Crippen molar-refractivity contribution in [1.82, 2.24) is 4.98 Å². The lowest BCUT2D eigenvalue weighted by Gasteiger charge is -1.96. The molecule has 1 aliphatic carbocycles. The molecule has 0 atom stereocenters. The Balaban J connectivity index is 1.97. The normalized spacial score (nSPS) is 15.5. The molecule has 0 amide bonds. The molecule has 3 rings (SSSR count). The summed E-state index contributed by atoms with van der Waals surface area (Å²) in [6.07, 6.45) is 4.77. The number of benzene rings is 1. The SMILES string of the molecule is Cc1cccc(-c2ncc(C3CC3)s2)c1. The second-order valence-electron chi connectivity index (χ2n) is 4.21. The van der Waals surface area contributed by atoms with Crippen LogP contribution in [0.4, 0.5) is 0 Å². The van der Waals surface area contributed by atoms with Gasteiger partial charge in [0.25, 0.3) is 0 Å². The maximum Gasteiger partial charge on any atom is 0.123 e. The van der Waals surface area contributed by atoms with Gasteiger partial charge in [0.1, 0.15) is 5.01 Å². The van der Waals surface area contributed by atoms with Crippen molar-refractivity contribution in [2.45, 2.75) is 25.7 Å². The molecule has 1 heterocycles. The molecule has 0 spiro atoms. The zero-order chi connectivity index (χ0) is 10.3. The lowest BCUT2D eigenvalue weighted by atomic mass is 10.1. The summed E-state index contributed by atoms with van der Waals surface area (Å²) in [7, 11) is 0. The third-order valence-electron chi connectivity index (χ3n) is 2.77. The van der Waals surface area contributed by atoms with E-state index in [2.05, 4.69) is 42.4 Å². The van der Waals surface area contributed by atoms with E-state index in [4.69, 9.17) is 0 Å². The molecule has 1 saturated carbocycles. The number of aryl methyl sites for hydroxylation is 1. The molecular formula is C13H13NS. The molecule has 1 aromatic heterocycles. The van der Waals surface area contributed by atoms with E-state index < -0.39 is 0 Å². The molecule has 1 aliphatic rings. The number of aromatic nitrogens is 1. The van der Waals surface area contributed by atoms with Crippen LogP contribution in [0.3, 0.4) is 0 Å². The summed E-state index contributed by atoms with van der Waals surface area (Å²) in [4.78, 5) is 5.97. The lowest BCUT2D eigenvalue weighted by Crippen LogP contribution is -1.76. The smallest absolute Gasteiger partial charge is 0.123 e.